The van der Waals surface area contributed by atoms with Crippen LogP contribution in [0.4, 0.5) is 0 Å². The SMILES string of the molecule is C=CCn1c(=O)c2ccccc2n2c(=S)n(CN(C)Cc3cccc(OC)c3)nc12. The molecule has 30 heavy (non-hydrogen) atoms. The van der Waals surface area contributed by atoms with Crippen molar-refractivity contribution in [2.75, 3.05) is 14.2 Å². The van der Waals surface area contributed by atoms with E-state index in [1.54, 1.807) is 22.4 Å². The molecule has 0 aliphatic carbocycles. The molecule has 0 bridgehead atoms. The maximum atomic E-state index is 13.0. The number of nitrogens with zero attached hydrogens (tertiary/aromatic N) is 5. The number of ether oxygens (including phenoxy) is 1. The molecule has 0 aliphatic heterocycles. The molecular formula is C22H23N5O2S. The highest BCUT2D eigenvalue weighted by Crippen LogP contribution is 2.16. The average Bonchev–Trinajstić information content (AvgIpc) is 3.07. The van der Waals surface area contributed by atoms with Gasteiger partial charge in [-0.15, -0.1) is 11.7 Å². The van der Waals surface area contributed by atoms with Crippen LogP contribution >= 0.6 is 12.2 Å². The smallest absolute Gasteiger partial charge is 0.263 e. The fourth-order valence-corrected chi connectivity index (χ4v) is 3.89. The van der Waals surface area contributed by atoms with Crippen LogP contribution in [0.3, 0.4) is 0 Å². The van der Waals surface area contributed by atoms with Crippen molar-refractivity contribution in [2.24, 2.45) is 0 Å². The van der Waals surface area contributed by atoms with Crippen LogP contribution in [0.5, 0.6) is 5.75 Å². The van der Waals surface area contributed by atoms with Crippen LogP contribution in [0.15, 0.2) is 66.0 Å². The zero-order valence-corrected chi connectivity index (χ0v) is 17.8. The molecule has 2 aromatic heterocycles. The Morgan fingerprint density at radius 3 is 2.80 bits per heavy atom. The van der Waals surface area contributed by atoms with Crippen molar-refractivity contribution in [1.82, 2.24) is 23.6 Å². The number of methoxy groups -OCH3 is 1. The highest BCUT2D eigenvalue weighted by atomic mass is 32.1. The van der Waals surface area contributed by atoms with Gasteiger partial charge in [0.15, 0.2) is 0 Å². The number of allylic oxidation sites excluding steroid dienone is 1. The Kier molecular flexibility index (Phi) is 5.52. The minimum Gasteiger partial charge on any atom is -0.497 e. The summed E-state index contributed by atoms with van der Waals surface area (Å²) in [6.07, 6.45) is 1.69. The first-order valence-corrected chi connectivity index (χ1v) is 9.98. The second-order valence-corrected chi connectivity index (χ2v) is 7.51. The number of benzene rings is 2. The van der Waals surface area contributed by atoms with Crippen LogP contribution in [0, 0.1) is 4.77 Å². The molecule has 8 heteroatoms. The van der Waals surface area contributed by atoms with Crippen LogP contribution in [0.1, 0.15) is 5.56 Å². The Balaban J connectivity index is 1.76. The average molecular weight is 422 g/mol. The summed E-state index contributed by atoms with van der Waals surface area (Å²) in [6, 6.07) is 15.4. The van der Waals surface area contributed by atoms with Crippen LogP contribution in [0.25, 0.3) is 16.7 Å². The molecule has 0 amide bonds. The summed E-state index contributed by atoms with van der Waals surface area (Å²) in [7, 11) is 3.66. The summed E-state index contributed by atoms with van der Waals surface area (Å²) in [5.41, 5.74) is 1.78. The van der Waals surface area contributed by atoms with Gasteiger partial charge in [0.1, 0.15) is 5.75 Å². The van der Waals surface area contributed by atoms with E-state index < -0.39 is 0 Å². The lowest BCUT2D eigenvalue weighted by atomic mass is 10.2. The van der Waals surface area contributed by atoms with Crippen LogP contribution in [0.2, 0.25) is 0 Å². The first-order valence-electron chi connectivity index (χ1n) is 9.57. The third-order valence-corrected chi connectivity index (χ3v) is 5.35. The van der Waals surface area contributed by atoms with Gasteiger partial charge in [-0.05, 0) is 49.1 Å². The highest BCUT2D eigenvalue weighted by molar-refractivity contribution is 7.71. The van der Waals surface area contributed by atoms with E-state index in [9.17, 15) is 4.79 Å². The van der Waals surface area contributed by atoms with E-state index in [0.29, 0.717) is 35.7 Å². The second-order valence-electron chi connectivity index (χ2n) is 7.15. The maximum Gasteiger partial charge on any atom is 0.263 e. The maximum absolute atomic E-state index is 13.0. The standard InChI is InChI=1S/C22H23N5O2S/c1-4-12-25-20(28)18-10-5-6-11-19(18)27-21(25)23-26(22(27)30)15-24(2)14-16-8-7-9-17(13-16)29-3/h4-11,13H,1,12,14-15H2,2-3H3. The summed E-state index contributed by atoms with van der Waals surface area (Å²) in [6.45, 7) is 5.32. The molecule has 7 nitrogen and oxygen atoms in total. The van der Waals surface area contributed by atoms with Gasteiger partial charge in [0.2, 0.25) is 10.5 Å². The summed E-state index contributed by atoms with van der Waals surface area (Å²) in [4.78, 5) is 15.1. The molecule has 154 valence electrons. The van der Waals surface area contributed by atoms with Crippen LogP contribution in [-0.2, 0) is 19.8 Å². The molecule has 4 rings (SSSR count). The molecule has 0 saturated heterocycles. The second kappa shape index (κ2) is 8.25. The first kappa shape index (κ1) is 20.1. The van der Waals surface area contributed by atoms with Gasteiger partial charge >= 0.3 is 0 Å². The van der Waals surface area contributed by atoms with Gasteiger partial charge in [-0.2, -0.15) is 0 Å². The number of fused-ring (bicyclic) bond motifs is 3. The minimum absolute atomic E-state index is 0.102. The summed E-state index contributed by atoms with van der Waals surface area (Å²) in [5.74, 6) is 1.34. The van der Waals surface area contributed by atoms with E-state index in [1.165, 1.54) is 0 Å². The molecule has 0 fully saturated rings. The van der Waals surface area contributed by atoms with Crippen molar-refractivity contribution >= 4 is 28.9 Å². The summed E-state index contributed by atoms with van der Waals surface area (Å²) < 4.78 is 11.0. The van der Waals surface area contributed by atoms with Gasteiger partial charge in [0.05, 0.1) is 24.7 Å². The third-order valence-electron chi connectivity index (χ3n) is 4.96. The van der Waals surface area contributed by atoms with Gasteiger partial charge in [-0.3, -0.25) is 18.7 Å². The molecule has 0 N–H and O–H groups in total. The topological polar surface area (TPSA) is 56.7 Å². The number of aromatic nitrogens is 4. The highest BCUT2D eigenvalue weighted by Gasteiger charge is 2.15. The first-order chi connectivity index (χ1) is 14.5. The van der Waals surface area contributed by atoms with Gasteiger partial charge in [0, 0.05) is 13.1 Å². The lowest BCUT2D eigenvalue weighted by molar-refractivity contribution is 0.244. The van der Waals surface area contributed by atoms with E-state index in [-0.39, 0.29) is 5.56 Å². The Hall–Kier alpha value is -3.23. The van der Waals surface area contributed by atoms with E-state index in [1.807, 2.05) is 53.9 Å². The van der Waals surface area contributed by atoms with Crippen molar-refractivity contribution in [3.63, 3.8) is 0 Å². The fraction of sp³-hybridized carbons (Fsp3) is 0.227. The lowest BCUT2D eigenvalue weighted by Crippen LogP contribution is -2.23. The van der Waals surface area contributed by atoms with Crippen molar-refractivity contribution < 1.29 is 4.74 Å². The minimum atomic E-state index is -0.102. The van der Waals surface area contributed by atoms with Crippen LogP contribution < -0.4 is 10.3 Å². The Labute approximate surface area is 179 Å². The molecule has 2 heterocycles. The fourth-order valence-electron chi connectivity index (χ4n) is 3.61. The van der Waals surface area contributed by atoms with Crippen molar-refractivity contribution in [1.29, 1.82) is 0 Å². The predicted octanol–water partition coefficient (Wildman–Crippen LogP) is 3.46. The zero-order chi connectivity index (χ0) is 21.3. The number of hydrogen-bond acceptors (Lipinski definition) is 5. The van der Waals surface area contributed by atoms with E-state index in [2.05, 4.69) is 22.6 Å². The molecule has 4 aromatic rings. The number of rotatable bonds is 7. The quantitative estimate of drug-likeness (QED) is 0.338. The molecule has 0 unspecified atom stereocenters. The van der Waals surface area contributed by atoms with Gasteiger partial charge in [0.25, 0.3) is 5.56 Å². The molecule has 0 spiro atoms. The Morgan fingerprint density at radius 2 is 2.03 bits per heavy atom. The molecule has 0 aliphatic rings. The zero-order valence-electron chi connectivity index (χ0n) is 17.0. The Bertz CT molecular complexity index is 1350. The van der Waals surface area contributed by atoms with Crippen LogP contribution in [-0.4, -0.2) is 37.8 Å². The van der Waals surface area contributed by atoms with Gasteiger partial charge in [-0.1, -0.05) is 30.3 Å². The van der Waals surface area contributed by atoms with E-state index in [4.69, 9.17) is 17.0 Å². The molecule has 2 aromatic carbocycles. The third kappa shape index (κ3) is 3.55. The molecular weight excluding hydrogens is 398 g/mol. The molecule has 0 radical (unpaired) electrons. The molecule has 0 atom stereocenters. The van der Waals surface area contributed by atoms with Crippen molar-refractivity contribution in [3.8, 4) is 5.75 Å². The van der Waals surface area contributed by atoms with Gasteiger partial charge < -0.3 is 4.74 Å². The van der Waals surface area contributed by atoms with E-state index in [0.717, 1.165) is 16.8 Å². The lowest BCUT2D eigenvalue weighted by Gasteiger charge is -2.16. The number of hydrogen-bond donors (Lipinski definition) is 0. The van der Waals surface area contributed by atoms with Crippen molar-refractivity contribution in [3.05, 3.63) is 81.9 Å². The summed E-state index contributed by atoms with van der Waals surface area (Å²) in [5, 5.41) is 5.29. The normalized spacial score (nSPS) is 11.4. The monoisotopic (exact) mass is 421 g/mol. The predicted molar refractivity (Wildman–Crippen MR) is 120 cm³/mol. The van der Waals surface area contributed by atoms with E-state index >= 15 is 0 Å². The summed E-state index contributed by atoms with van der Waals surface area (Å²) >= 11 is 5.74. The van der Waals surface area contributed by atoms with Crippen molar-refractivity contribution in [2.45, 2.75) is 19.8 Å². The Morgan fingerprint density at radius 1 is 1.23 bits per heavy atom. The number of para-hydroxylation sites is 1. The van der Waals surface area contributed by atoms with Gasteiger partial charge in [-0.25, -0.2) is 4.68 Å². The molecule has 0 saturated carbocycles. The largest absolute Gasteiger partial charge is 0.497 e.